The van der Waals surface area contributed by atoms with Gasteiger partial charge in [0.15, 0.2) is 5.43 Å². The minimum atomic E-state index is -0.720. The number of hydrogen-bond acceptors (Lipinski definition) is 3. The van der Waals surface area contributed by atoms with Crippen LogP contribution in [0.15, 0.2) is 35.1 Å². The molecule has 0 saturated carbocycles. The number of H-pyrrole nitrogens is 1. The first-order chi connectivity index (χ1) is 12.8. The van der Waals surface area contributed by atoms with Crippen molar-refractivity contribution in [1.82, 2.24) is 10.3 Å². The first-order valence-electron chi connectivity index (χ1n) is 8.76. The molecule has 0 aliphatic rings. The molecule has 7 heteroatoms. The number of carbonyl (C=O) groups is 1. The Bertz CT molecular complexity index is 1080. The van der Waals surface area contributed by atoms with E-state index in [0.29, 0.717) is 17.9 Å². The molecule has 3 rings (SSSR count). The molecule has 0 fully saturated rings. The monoisotopic (exact) mass is 373 g/mol. The Morgan fingerprint density at radius 2 is 1.85 bits per heavy atom. The maximum absolute atomic E-state index is 14.1. The van der Waals surface area contributed by atoms with Gasteiger partial charge in [-0.1, -0.05) is 13.8 Å². The molecule has 142 valence electrons. The Labute approximate surface area is 154 Å². The SMILES string of the molecule is CC(C)CC(CN)NC(=O)c1cc(F)cc2c(=O)c3cc(F)ccc3[nH]c12. The van der Waals surface area contributed by atoms with Crippen molar-refractivity contribution in [2.75, 3.05) is 6.54 Å². The van der Waals surface area contributed by atoms with Crippen molar-refractivity contribution in [2.24, 2.45) is 11.7 Å². The molecule has 0 radical (unpaired) electrons. The summed E-state index contributed by atoms with van der Waals surface area (Å²) in [5, 5.41) is 2.89. The van der Waals surface area contributed by atoms with E-state index in [1.54, 1.807) is 0 Å². The highest BCUT2D eigenvalue weighted by molar-refractivity contribution is 6.07. The van der Waals surface area contributed by atoms with Gasteiger partial charge in [0.05, 0.1) is 11.1 Å². The molecule has 1 atom stereocenters. The molecule has 5 nitrogen and oxygen atoms in total. The van der Waals surface area contributed by atoms with Crippen LogP contribution in [-0.2, 0) is 0 Å². The summed E-state index contributed by atoms with van der Waals surface area (Å²) in [6, 6.07) is 5.57. The number of hydrogen-bond donors (Lipinski definition) is 3. The maximum atomic E-state index is 14.1. The fraction of sp³-hybridized carbons (Fsp3) is 0.300. The van der Waals surface area contributed by atoms with Gasteiger partial charge in [-0.3, -0.25) is 9.59 Å². The second-order valence-electron chi connectivity index (χ2n) is 7.06. The largest absolute Gasteiger partial charge is 0.354 e. The molecule has 27 heavy (non-hydrogen) atoms. The number of benzene rings is 2. The number of fused-ring (bicyclic) bond motifs is 2. The van der Waals surface area contributed by atoms with E-state index in [9.17, 15) is 18.4 Å². The molecule has 0 saturated heterocycles. The van der Waals surface area contributed by atoms with Crippen LogP contribution < -0.4 is 16.5 Å². The lowest BCUT2D eigenvalue weighted by Crippen LogP contribution is -2.41. The highest BCUT2D eigenvalue weighted by Gasteiger charge is 2.19. The molecule has 1 heterocycles. The molecule has 0 spiro atoms. The minimum Gasteiger partial charge on any atom is -0.354 e. The number of rotatable bonds is 5. The van der Waals surface area contributed by atoms with E-state index in [0.717, 1.165) is 18.2 Å². The van der Waals surface area contributed by atoms with Gasteiger partial charge < -0.3 is 16.0 Å². The number of carbonyl (C=O) groups excluding carboxylic acids is 1. The van der Waals surface area contributed by atoms with E-state index >= 15 is 0 Å². The molecular weight excluding hydrogens is 352 g/mol. The molecule has 2 aromatic carbocycles. The van der Waals surface area contributed by atoms with E-state index in [1.165, 1.54) is 12.1 Å². The average Bonchev–Trinajstić information content (AvgIpc) is 2.61. The van der Waals surface area contributed by atoms with Gasteiger partial charge in [-0.15, -0.1) is 0 Å². The topological polar surface area (TPSA) is 88.0 Å². The molecular formula is C20H21F2N3O2. The fourth-order valence-electron chi connectivity index (χ4n) is 3.24. The lowest BCUT2D eigenvalue weighted by atomic mass is 10.0. The molecule has 1 amide bonds. The van der Waals surface area contributed by atoms with E-state index < -0.39 is 23.0 Å². The molecule has 3 aromatic rings. The van der Waals surface area contributed by atoms with Crippen LogP contribution in [0.3, 0.4) is 0 Å². The van der Waals surface area contributed by atoms with Gasteiger partial charge in [0.1, 0.15) is 11.6 Å². The summed E-state index contributed by atoms with van der Waals surface area (Å²) >= 11 is 0. The van der Waals surface area contributed by atoms with Crippen LogP contribution in [0, 0.1) is 17.6 Å². The third-order valence-corrected chi connectivity index (χ3v) is 4.45. The summed E-state index contributed by atoms with van der Waals surface area (Å²) < 4.78 is 27.6. The Morgan fingerprint density at radius 1 is 1.15 bits per heavy atom. The number of nitrogens with two attached hydrogens (primary N) is 1. The second-order valence-corrected chi connectivity index (χ2v) is 7.06. The van der Waals surface area contributed by atoms with Gasteiger partial charge in [0, 0.05) is 28.9 Å². The Hall–Kier alpha value is -2.80. The summed E-state index contributed by atoms with van der Waals surface area (Å²) in [7, 11) is 0. The average molecular weight is 373 g/mol. The van der Waals surface area contributed by atoms with Crippen LogP contribution in [0.2, 0.25) is 0 Å². The van der Waals surface area contributed by atoms with Gasteiger partial charge in [-0.05, 0) is 42.7 Å². The number of aromatic amines is 1. The Morgan fingerprint density at radius 3 is 2.52 bits per heavy atom. The van der Waals surface area contributed by atoms with Gasteiger partial charge in [0.25, 0.3) is 5.91 Å². The van der Waals surface area contributed by atoms with E-state index in [4.69, 9.17) is 5.73 Å². The second kappa shape index (κ2) is 7.44. The fourth-order valence-corrected chi connectivity index (χ4v) is 3.24. The molecule has 0 bridgehead atoms. The first kappa shape index (κ1) is 19.0. The van der Waals surface area contributed by atoms with E-state index in [-0.39, 0.29) is 34.4 Å². The van der Waals surface area contributed by atoms with Crippen molar-refractivity contribution in [2.45, 2.75) is 26.3 Å². The summed E-state index contributed by atoms with van der Waals surface area (Å²) in [5.41, 5.74) is 5.77. The molecule has 0 aliphatic carbocycles. The van der Waals surface area contributed by atoms with Crippen LogP contribution in [-0.4, -0.2) is 23.5 Å². The zero-order valence-corrected chi connectivity index (χ0v) is 15.1. The van der Waals surface area contributed by atoms with Crippen LogP contribution in [0.1, 0.15) is 30.6 Å². The number of aromatic nitrogens is 1. The summed E-state index contributed by atoms with van der Waals surface area (Å²) in [6.07, 6.45) is 0.675. The van der Waals surface area contributed by atoms with Gasteiger partial charge in [0.2, 0.25) is 0 Å². The highest BCUT2D eigenvalue weighted by Crippen LogP contribution is 2.21. The van der Waals surface area contributed by atoms with Gasteiger partial charge in [-0.2, -0.15) is 0 Å². The maximum Gasteiger partial charge on any atom is 0.253 e. The predicted molar refractivity (Wildman–Crippen MR) is 102 cm³/mol. The summed E-state index contributed by atoms with van der Waals surface area (Å²) in [4.78, 5) is 28.4. The third kappa shape index (κ3) is 3.83. The third-order valence-electron chi connectivity index (χ3n) is 4.45. The quantitative estimate of drug-likeness (QED) is 0.601. The summed E-state index contributed by atoms with van der Waals surface area (Å²) in [6.45, 7) is 4.26. The number of amides is 1. The van der Waals surface area contributed by atoms with Crippen LogP contribution in [0.4, 0.5) is 8.78 Å². The van der Waals surface area contributed by atoms with Crippen LogP contribution in [0.5, 0.6) is 0 Å². The van der Waals surface area contributed by atoms with Crippen molar-refractivity contribution in [3.63, 3.8) is 0 Å². The Kier molecular flexibility index (Phi) is 5.23. The first-order valence-corrected chi connectivity index (χ1v) is 8.76. The van der Waals surface area contributed by atoms with E-state index in [1.807, 2.05) is 13.8 Å². The molecule has 1 unspecified atom stereocenters. The van der Waals surface area contributed by atoms with Crippen molar-refractivity contribution >= 4 is 27.7 Å². The normalized spacial score (nSPS) is 12.7. The lowest BCUT2D eigenvalue weighted by molar-refractivity contribution is 0.0935. The molecule has 0 aliphatic heterocycles. The lowest BCUT2D eigenvalue weighted by Gasteiger charge is -2.19. The zero-order valence-electron chi connectivity index (χ0n) is 15.1. The van der Waals surface area contributed by atoms with Gasteiger partial charge in [-0.25, -0.2) is 8.78 Å². The summed E-state index contributed by atoms with van der Waals surface area (Å²) in [5.74, 6) is -1.49. The van der Waals surface area contributed by atoms with Crippen molar-refractivity contribution in [1.29, 1.82) is 0 Å². The van der Waals surface area contributed by atoms with Gasteiger partial charge >= 0.3 is 0 Å². The number of nitrogens with one attached hydrogen (secondary N) is 2. The predicted octanol–water partition coefficient (Wildman–Crippen LogP) is 3.06. The van der Waals surface area contributed by atoms with Crippen molar-refractivity contribution in [3.05, 3.63) is 57.8 Å². The number of pyridine rings is 1. The molecule has 4 N–H and O–H groups in total. The van der Waals surface area contributed by atoms with Crippen molar-refractivity contribution < 1.29 is 13.6 Å². The van der Waals surface area contributed by atoms with Crippen LogP contribution >= 0.6 is 0 Å². The molecule has 1 aromatic heterocycles. The van der Waals surface area contributed by atoms with E-state index in [2.05, 4.69) is 10.3 Å². The highest BCUT2D eigenvalue weighted by atomic mass is 19.1. The van der Waals surface area contributed by atoms with Crippen LogP contribution in [0.25, 0.3) is 21.8 Å². The zero-order chi connectivity index (χ0) is 19.7. The minimum absolute atomic E-state index is 0.00796. The van der Waals surface area contributed by atoms with Crippen molar-refractivity contribution in [3.8, 4) is 0 Å². The standard InChI is InChI=1S/C20H21F2N3O2/c1-10(2)5-13(9-23)24-20(27)16-8-12(22)7-15-18(16)25-17-4-3-11(21)6-14(17)19(15)26/h3-4,6-8,10,13H,5,9,23H2,1-2H3,(H,24,27)(H,25,26). The smallest absolute Gasteiger partial charge is 0.253 e. The Balaban J connectivity index is 2.15. The number of halogens is 2.